The van der Waals surface area contributed by atoms with Crippen LogP contribution in [0, 0.1) is 0 Å². The third kappa shape index (κ3) is 0.448. The lowest BCUT2D eigenvalue weighted by atomic mass is 10.3. The van der Waals surface area contributed by atoms with E-state index in [4.69, 9.17) is 0 Å². The van der Waals surface area contributed by atoms with Crippen LogP contribution in [0.5, 0.6) is 0 Å². The molecule has 8 heavy (non-hydrogen) atoms. The van der Waals surface area contributed by atoms with Crippen LogP contribution in [-0.4, -0.2) is 17.4 Å². The number of aliphatic imine (C=N–C) groups is 2. The largest absolute Gasteiger partial charge is 0.259 e. The number of hydrogen-bond acceptors (Lipinski definition) is 3. The molecule has 2 aliphatic heterocycles. The van der Waals surface area contributed by atoms with E-state index in [1.165, 1.54) is 0 Å². The van der Waals surface area contributed by atoms with Gasteiger partial charge in [0.15, 0.2) is 0 Å². The maximum atomic E-state index is 4.06. The summed E-state index contributed by atoms with van der Waals surface area (Å²) in [5, 5.41) is 3.14. The van der Waals surface area contributed by atoms with Gasteiger partial charge in [0.05, 0.1) is 0 Å². The molecule has 1 unspecified atom stereocenters. The zero-order valence-electron chi connectivity index (χ0n) is 4.11. The Bertz CT molecular complexity index is 193. The molecule has 0 saturated carbocycles. The fourth-order valence-corrected chi connectivity index (χ4v) is 1.47. The first kappa shape index (κ1) is 4.32. The lowest BCUT2D eigenvalue weighted by Gasteiger charge is -1.90. The van der Waals surface area contributed by atoms with Gasteiger partial charge in [0.25, 0.3) is 0 Å². The minimum atomic E-state index is 0.278. The Morgan fingerprint density at radius 3 is 3.50 bits per heavy atom. The molecule has 0 aromatic carbocycles. The fraction of sp³-hybridized carbons (Fsp3) is 0.200. The van der Waals surface area contributed by atoms with Gasteiger partial charge in [0, 0.05) is 0 Å². The van der Waals surface area contributed by atoms with Crippen molar-refractivity contribution in [3.8, 4) is 0 Å². The zero-order valence-corrected chi connectivity index (χ0v) is 4.93. The Labute approximate surface area is 51.4 Å². The fourth-order valence-electron chi connectivity index (χ4n) is 0.718. The molecule has 0 bridgehead atoms. The molecule has 0 aromatic rings. The summed E-state index contributed by atoms with van der Waals surface area (Å²) in [5.74, 6) is 0. The highest BCUT2D eigenvalue weighted by atomic mass is 32.2. The molecule has 1 atom stereocenters. The van der Waals surface area contributed by atoms with Crippen LogP contribution in [0.15, 0.2) is 21.5 Å². The van der Waals surface area contributed by atoms with Gasteiger partial charge >= 0.3 is 0 Å². The smallest absolute Gasteiger partial charge is 0.119 e. The molecule has 2 nitrogen and oxygen atoms in total. The second kappa shape index (κ2) is 1.45. The highest BCUT2D eigenvalue weighted by Crippen LogP contribution is 2.23. The molecule has 0 amide bonds. The summed E-state index contributed by atoms with van der Waals surface area (Å²) in [4.78, 5) is 8.08. The molecule has 2 aliphatic rings. The second-order valence-electron chi connectivity index (χ2n) is 1.62. The third-order valence-electron chi connectivity index (χ3n) is 1.11. The monoisotopic (exact) mass is 124 g/mol. The highest BCUT2D eigenvalue weighted by Gasteiger charge is 2.18. The van der Waals surface area contributed by atoms with Crippen LogP contribution < -0.4 is 0 Å². The highest BCUT2D eigenvalue weighted by molar-refractivity contribution is 8.17. The molecule has 0 aromatic heterocycles. The van der Waals surface area contributed by atoms with Gasteiger partial charge in [-0.3, -0.25) is 4.99 Å². The van der Waals surface area contributed by atoms with Crippen molar-refractivity contribution in [1.29, 1.82) is 0 Å². The lowest BCUT2D eigenvalue weighted by Crippen LogP contribution is -2.01. The number of hydrogen-bond donors (Lipinski definition) is 0. The number of nitrogens with zero attached hydrogens (tertiary/aromatic N) is 2. The van der Waals surface area contributed by atoms with E-state index in [9.17, 15) is 0 Å². The predicted octanol–water partition coefficient (Wildman–Crippen LogP) is 1.06. The first-order valence-corrected chi connectivity index (χ1v) is 3.27. The molecule has 3 heteroatoms. The van der Waals surface area contributed by atoms with Crippen molar-refractivity contribution in [2.75, 3.05) is 0 Å². The molecular formula is C5H4N2S. The third-order valence-corrected chi connectivity index (χ3v) is 2.00. The quantitative estimate of drug-likeness (QED) is 0.474. The van der Waals surface area contributed by atoms with Crippen molar-refractivity contribution in [3.05, 3.63) is 11.5 Å². The average molecular weight is 124 g/mol. The summed E-state index contributed by atoms with van der Waals surface area (Å²) in [6.45, 7) is 0. The van der Waals surface area contributed by atoms with Crippen LogP contribution >= 0.6 is 11.8 Å². The van der Waals surface area contributed by atoms with E-state index in [1.54, 1.807) is 18.1 Å². The number of fused-ring (bicyclic) bond motifs is 1. The van der Waals surface area contributed by atoms with E-state index in [0.717, 1.165) is 5.04 Å². The van der Waals surface area contributed by atoms with Gasteiger partial charge in [-0.1, -0.05) is 11.8 Å². The van der Waals surface area contributed by atoms with Crippen LogP contribution in [-0.2, 0) is 0 Å². The van der Waals surface area contributed by atoms with E-state index < -0.39 is 0 Å². The SMILES string of the molecule is C1=CC2N=CN=C2S1. The van der Waals surface area contributed by atoms with Gasteiger partial charge < -0.3 is 0 Å². The maximum Gasteiger partial charge on any atom is 0.119 e. The zero-order chi connectivity index (χ0) is 5.40. The topological polar surface area (TPSA) is 24.7 Å². The summed E-state index contributed by atoms with van der Waals surface area (Å²) in [6, 6.07) is 0.278. The lowest BCUT2D eigenvalue weighted by molar-refractivity contribution is 1.14. The molecule has 2 heterocycles. The molecule has 0 aliphatic carbocycles. The van der Waals surface area contributed by atoms with Crippen molar-refractivity contribution in [3.63, 3.8) is 0 Å². The van der Waals surface area contributed by atoms with Crippen LogP contribution in [0.4, 0.5) is 0 Å². The normalized spacial score (nSPS) is 31.0. The summed E-state index contributed by atoms with van der Waals surface area (Å²) < 4.78 is 0. The maximum absolute atomic E-state index is 4.06. The molecule has 0 saturated heterocycles. The molecule has 0 spiro atoms. The van der Waals surface area contributed by atoms with Crippen LogP contribution in [0.1, 0.15) is 0 Å². The van der Waals surface area contributed by atoms with Crippen molar-refractivity contribution < 1.29 is 0 Å². The van der Waals surface area contributed by atoms with Crippen LogP contribution in [0.3, 0.4) is 0 Å². The van der Waals surface area contributed by atoms with E-state index >= 15 is 0 Å². The molecular weight excluding hydrogens is 120 g/mol. The Hall–Kier alpha value is -0.570. The minimum absolute atomic E-state index is 0.278. The van der Waals surface area contributed by atoms with Crippen molar-refractivity contribution >= 4 is 23.1 Å². The molecule has 0 fully saturated rings. The van der Waals surface area contributed by atoms with E-state index in [2.05, 4.69) is 9.98 Å². The Kier molecular flexibility index (Phi) is 0.784. The number of rotatable bonds is 0. The van der Waals surface area contributed by atoms with Gasteiger partial charge in [-0.05, 0) is 11.5 Å². The minimum Gasteiger partial charge on any atom is -0.259 e. The number of thioether (sulfide) groups is 1. The van der Waals surface area contributed by atoms with Gasteiger partial charge in [-0.2, -0.15) is 0 Å². The van der Waals surface area contributed by atoms with E-state index in [1.807, 2.05) is 11.5 Å². The van der Waals surface area contributed by atoms with Gasteiger partial charge in [0.2, 0.25) is 0 Å². The standard InChI is InChI=1S/C5H4N2S/c1-2-8-5-4(1)6-3-7-5/h1-4H. The molecule has 0 N–H and O–H groups in total. The van der Waals surface area contributed by atoms with Crippen molar-refractivity contribution in [1.82, 2.24) is 0 Å². The Morgan fingerprint density at radius 2 is 2.62 bits per heavy atom. The molecule has 0 radical (unpaired) electrons. The van der Waals surface area contributed by atoms with Crippen molar-refractivity contribution in [2.24, 2.45) is 9.98 Å². The van der Waals surface area contributed by atoms with Crippen LogP contribution in [0.25, 0.3) is 0 Å². The summed E-state index contributed by atoms with van der Waals surface area (Å²) in [7, 11) is 0. The van der Waals surface area contributed by atoms with Gasteiger partial charge in [-0.15, -0.1) is 0 Å². The Balaban J connectivity index is 2.39. The summed E-state index contributed by atoms with van der Waals surface area (Å²) >= 11 is 1.66. The molecule has 2 rings (SSSR count). The first-order valence-electron chi connectivity index (χ1n) is 2.39. The van der Waals surface area contributed by atoms with Crippen molar-refractivity contribution in [2.45, 2.75) is 6.04 Å². The van der Waals surface area contributed by atoms with E-state index in [-0.39, 0.29) is 6.04 Å². The van der Waals surface area contributed by atoms with Crippen LogP contribution in [0.2, 0.25) is 0 Å². The first-order chi connectivity index (χ1) is 3.97. The van der Waals surface area contributed by atoms with Gasteiger partial charge in [0.1, 0.15) is 17.4 Å². The molecule has 40 valence electrons. The van der Waals surface area contributed by atoms with E-state index in [0.29, 0.717) is 0 Å². The van der Waals surface area contributed by atoms with Gasteiger partial charge in [-0.25, -0.2) is 4.99 Å². The Morgan fingerprint density at radius 1 is 1.62 bits per heavy atom. The second-order valence-corrected chi connectivity index (χ2v) is 2.55. The predicted molar refractivity (Wildman–Crippen MR) is 36.4 cm³/mol. The summed E-state index contributed by atoms with van der Waals surface area (Å²) in [6.07, 6.45) is 3.67. The summed E-state index contributed by atoms with van der Waals surface area (Å²) in [5.41, 5.74) is 0. The average Bonchev–Trinajstić information content (AvgIpc) is 2.15.